The lowest BCUT2D eigenvalue weighted by atomic mass is 10.1. The highest BCUT2D eigenvalue weighted by molar-refractivity contribution is 5.94. The average Bonchev–Trinajstić information content (AvgIpc) is 3.31. The maximum Gasteiger partial charge on any atom is 0.224 e. The van der Waals surface area contributed by atoms with E-state index in [0.717, 1.165) is 86.8 Å². The third kappa shape index (κ3) is 5.57. The van der Waals surface area contributed by atoms with Gasteiger partial charge in [-0.3, -0.25) is 19.4 Å². The van der Waals surface area contributed by atoms with Crippen molar-refractivity contribution in [3.63, 3.8) is 0 Å². The molecule has 1 amide bonds. The van der Waals surface area contributed by atoms with Gasteiger partial charge in [0, 0.05) is 82.6 Å². The van der Waals surface area contributed by atoms with Crippen LogP contribution in [-0.4, -0.2) is 89.9 Å². The lowest BCUT2D eigenvalue weighted by Gasteiger charge is -2.33. The van der Waals surface area contributed by atoms with E-state index >= 15 is 0 Å². The van der Waals surface area contributed by atoms with Crippen molar-refractivity contribution in [2.24, 2.45) is 0 Å². The molecule has 0 aliphatic carbocycles. The van der Waals surface area contributed by atoms with Gasteiger partial charge in [0.1, 0.15) is 11.4 Å². The third-order valence-electron chi connectivity index (χ3n) is 7.56. The summed E-state index contributed by atoms with van der Waals surface area (Å²) in [5, 5.41) is 9.36. The van der Waals surface area contributed by atoms with Crippen molar-refractivity contribution < 1.29 is 9.53 Å². The zero-order valence-electron chi connectivity index (χ0n) is 22.3. The van der Waals surface area contributed by atoms with E-state index in [0.29, 0.717) is 6.42 Å². The van der Waals surface area contributed by atoms with Crippen LogP contribution in [0.1, 0.15) is 44.5 Å². The van der Waals surface area contributed by atoms with E-state index in [9.17, 15) is 4.79 Å². The highest BCUT2D eigenvalue weighted by atomic mass is 16.5. The van der Waals surface area contributed by atoms with E-state index in [2.05, 4.69) is 47.2 Å². The van der Waals surface area contributed by atoms with Gasteiger partial charge in [-0.25, -0.2) is 0 Å². The van der Waals surface area contributed by atoms with Gasteiger partial charge in [-0.2, -0.15) is 5.10 Å². The molecule has 4 heterocycles. The molecule has 5 rings (SSSR count). The molecule has 9 heteroatoms. The van der Waals surface area contributed by atoms with Crippen LogP contribution in [-0.2, 0) is 4.79 Å². The number of hydrogen-bond acceptors (Lipinski definition) is 7. The average molecular weight is 506 g/mol. The lowest BCUT2D eigenvalue weighted by Crippen LogP contribution is -2.47. The fourth-order valence-electron chi connectivity index (χ4n) is 5.50. The Morgan fingerprint density at radius 1 is 1.05 bits per heavy atom. The summed E-state index contributed by atoms with van der Waals surface area (Å²) >= 11 is 0. The minimum Gasteiger partial charge on any atom is -0.494 e. The predicted molar refractivity (Wildman–Crippen MR) is 146 cm³/mol. The highest BCUT2D eigenvalue weighted by Gasteiger charge is 2.30. The first-order valence-corrected chi connectivity index (χ1v) is 13.5. The fourth-order valence-corrected chi connectivity index (χ4v) is 5.50. The molecule has 2 saturated heterocycles. The fraction of sp³-hybridized carbons (Fsp3) is 0.536. The summed E-state index contributed by atoms with van der Waals surface area (Å²) in [6.45, 7) is 11.0. The molecule has 2 aliphatic rings. The number of rotatable bonds is 7. The highest BCUT2D eigenvalue weighted by Crippen LogP contribution is 2.36. The summed E-state index contributed by atoms with van der Waals surface area (Å²) in [6.07, 6.45) is 5.32. The van der Waals surface area contributed by atoms with E-state index in [1.807, 2.05) is 34.1 Å². The Morgan fingerprint density at radius 3 is 2.65 bits per heavy atom. The second-order valence-electron chi connectivity index (χ2n) is 10.2. The number of carbonyl (C=O) groups is 1. The van der Waals surface area contributed by atoms with Crippen LogP contribution in [0, 0.1) is 0 Å². The molecule has 1 N–H and O–H groups in total. The summed E-state index contributed by atoms with van der Waals surface area (Å²) in [7, 11) is 1.72. The number of amides is 1. The van der Waals surface area contributed by atoms with Crippen LogP contribution >= 0.6 is 0 Å². The standard InChI is InChI=1S/C28H39N7O2/c1-21(2)35-15-9-23(31-35)24(20-26(36)33-16-11-29-12-17-33)32-13-5-14-34(19-18-32)28-25(37-3)8-7-22-6-4-10-30-27(22)28/h4,6-10,15,21,24,29H,5,11-14,16-20H2,1-3H3. The van der Waals surface area contributed by atoms with Crippen LogP contribution in [0.15, 0.2) is 42.7 Å². The predicted octanol–water partition coefficient (Wildman–Crippen LogP) is 3.10. The van der Waals surface area contributed by atoms with E-state index in [4.69, 9.17) is 14.8 Å². The van der Waals surface area contributed by atoms with Crippen molar-refractivity contribution in [2.45, 2.75) is 38.8 Å². The first-order valence-electron chi connectivity index (χ1n) is 13.5. The molecule has 3 aromatic rings. The quantitative estimate of drug-likeness (QED) is 0.529. The van der Waals surface area contributed by atoms with Gasteiger partial charge < -0.3 is 19.9 Å². The summed E-state index contributed by atoms with van der Waals surface area (Å²) < 4.78 is 7.77. The van der Waals surface area contributed by atoms with Crippen molar-refractivity contribution in [3.05, 3.63) is 48.4 Å². The Morgan fingerprint density at radius 2 is 1.89 bits per heavy atom. The number of piperazine rings is 1. The number of anilines is 1. The van der Waals surface area contributed by atoms with Crippen LogP contribution in [0.2, 0.25) is 0 Å². The van der Waals surface area contributed by atoms with E-state index < -0.39 is 0 Å². The molecule has 0 spiro atoms. The van der Waals surface area contributed by atoms with Crippen molar-refractivity contribution in [3.8, 4) is 5.75 Å². The van der Waals surface area contributed by atoms with Gasteiger partial charge in [-0.1, -0.05) is 6.07 Å². The molecule has 9 nitrogen and oxygen atoms in total. The topological polar surface area (TPSA) is 78.8 Å². The number of nitrogens with one attached hydrogen (secondary N) is 1. The number of benzene rings is 1. The van der Waals surface area contributed by atoms with Crippen molar-refractivity contribution in [1.29, 1.82) is 0 Å². The second kappa shape index (κ2) is 11.5. The molecule has 1 atom stereocenters. The number of nitrogens with zero attached hydrogens (tertiary/aromatic N) is 6. The van der Waals surface area contributed by atoms with Crippen molar-refractivity contribution >= 4 is 22.5 Å². The number of hydrogen-bond donors (Lipinski definition) is 1. The molecule has 2 aromatic heterocycles. The monoisotopic (exact) mass is 505 g/mol. The van der Waals surface area contributed by atoms with Gasteiger partial charge in [0.2, 0.25) is 5.91 Å². The minimum absolute atomic E-state index is 0.0464. The first-order chi connectivity index (χ1) is 18.0. The molecule has 0 saturated carbocycles. The molecule has 0 radical (unpaired) electrons. The third-order valence-corrected chi connectivity index (χ3v) is 7.56. The maximum absolute atomic E-state index is 13.4. The SMILES string of the molecule is COc1ccc2cccnc2c1N1CCCN(C(CC(=O)N2CCNCC2)c2ccn(C(C)C)n2)CC1. The second-order valence-corrected chi connectivity index (χ2v) is 10.2. The zero-order valence-corrected chi connectivity index (χ0v) is 22.3. The summed E-state index contributed by atoms with van der Waals surface area (Å²) in [5.41, 5.74) is 3.01. The molecular formula is C28H39N7O2. The van der Waals surface area contributed by atoms with Crippen LogP contribution in [0.4, 0.5) is 5.69 Å². The van der Waals surface area contributed by atoms with E-state index in [-0.39, 0.29) is 18.0 Å². The number of aromatic nitrogens is 3. The molecular weight excluding hydrogens is 466 g/mol. The van der Waals surface area contributed by atoms with Crippen LogP contribution in [0.3, 0.4) is 0 Å². The van der Waals surface area contributed by atoms with E-state index in [1.54, 1.807) is 7.11 Å². The largest absolute Gasteiger partial charge is 0.494 e. The molecule has 198 valence electrons. The normalized spacial score (nSPS) is 18.3. The zero-order chi connectivity index (χ0) is 25.8. The Balaban J connectivity index is 1.39. The van der Waals surface area contributed by atoms with Gasteiger partial charge in [0.05, 0.1) is 24.4 Å². The number of methoxy groups -OCH3 is 1. The Hall–Kier alpha value is -3.17. The van der Waals surface area contributed by atoms with Crippen molar-refractivity contribution in [2.75, 3.05) is 64.4 Å². The summed E-state index contributed by atoms with van der Waals surface area (Å²) in [4.78, 5) is 24.9. The van der Waals surface area contributed by atoms with Gasteiger partial charge >= 0.3 is 0 Å². The molecule has 1 unspecified atom stereocenters. The summed E-state index contributed by atoms with van der Waals surface area (Å²) in [5.74, 6) is 1.06. The number of ether oxygens (including phenoxy) is 1. The van der Waals surface area contributed by atoms with Crippen LogP contribution in [0.25, 0.3) is 10.9 Å². The van der Waals surface area contributed by atoms with Gasteiger partial charge in [0.15, 0.2) is 0 Å². The van der Waals surface area contributed by atoms with Gasteiger partial charge in [-0.05, 0) is 44.5 Å². The molecule has 2 fully saturated rings. The van der Waals surface area contributed by atoms with Gasteiger partial charge in [0.25, 0.3) is 0 Å². The molecule has 2 aliphatic heterocycles. The number of fused-ring (bicyclic) bond motifs is 1. The van der Waals surface area contributed by atoms with Gasteiger partial charge in [-0.15, -0.1) is 0 Å². The number of pyridine rings is 1. The molecule has 0 bridgehead atoms. The van der Waals surface area contributed by atoms with Crippen LogP contribution < -0.4 is 15.0 Å². The molecule has 37 heavy (non-hydrogen) atoms. The minimum atomic E-state index is -0.0464. The Kier molecular flexibility index (Phi) is 7.90. The maximum atomic E-state index is 13.4. The summed E-state index contributed by atoms with van der Waals surface area (Å²) in [6, 6.07) is 10.5. The lowest BCUT2D eigenvalue weighted by molar-refractivity contribution is -0.133. The van der Waals surface area contributed by atoms with E-state index in [1.165, 1.54) is 0 Å². The first kappa shape index (κ1) is 25.5. The molecule has 1 aromatic carbocycles. The Bertz CT molecular complexity index is 1200. The Labute approximate surface area is 219 Å². The van der Waals surface area contributed by atoms with Crippen molar-refractivity contribution in [1.82, 2.24) is 29.9 Å². The van der Waals surface area contributed by atoms with Crippen LogP contribution in [0.5, 0.6) is 5.75 Å². The smallest absolute Gasteiger partial charge is 0.224 e. The number of carbonyl (C=O) groups excluding carboxylic acids is 1.